The highest BCUT2D eigenvalue weighted by Gasteiger charge is 2.66. The fraction of sp³-hybridized carbons (Fsp3) is 1.00. The molecule has 3 N–H and O–H groups in total. The molecule has 3 saturated carbocycles. The third kappa shape index (κ3) is 3.05. The number of hydrogen-bond donors (Lipinski definition) is 3. The number of fused-ring (bicyclic) bond motifs is 3. The Kier molecular flexibility index (Phi) is 4.94. The minimum Gasteiger partial charge on any atom is -0.393 e. The summed E-state index contributed by atoms with van der Waals surface area (Å²) in [5.74, 6) is -0.478. The number of ether oxygens (including phenoxy) is 3. The molecule has 0 amide bonds. The van der Waals surface area contributed by atoms with Crippen molar-refractivity contribution in [3.05, 3.63) is 0 Å². The topological polar surface area (TPSA) is 88.4 Å². The summed E-state index contributed by atoms with van der Waals surface area (Å²) in [6.45, 7) is 7.74. The molecule has 0 heterocycles. The summed E-state index contributed by atoms with van der Waals surface area (Å²) in [5.41, 5.74) is -2.55. The summed E-state index contributed by atoms with van der Waals surface area (Å²) < 4.78 is 16.2. The van der Waals surface area contributed by atoms with E-state index in [-0.39, 0.29) is 25.1 Å². The van der Waals surface area contributed by atoms with E-state index in [0.29, 0.717) is 12.8 Å². The number of hydrogen-bond acceptors (Lipinski definition) is 6. The fourth-order valence-electron chi connectivity index (χ4n) is 4.06. The van der Waals surface area contributed by atoms with Gasteiger partial charge in [-0.05, 0) is 33.6 Å². The zero-order valence-electron chi connectivity index (χ0n) is 14.2. The van der Waals surface area contributed by atoms with Gasteiger partial charge in [0.2, 0.25) is 0 Å². The maximum absolute atomic E-state index is 11.0. The molecular weight excluding hydrogens is 288 g/mol. The first kappa shape index (κ1) is 18.1. The lowest BCUT2D eigenvalue weighted by molar-refractivity contribution is -0.313. The van der Waals surface area contributed by atoms with Crippen LogP contribution in [0.15, 0.2) is 0 Å². The van der Waals surface area contributed by atoms with Gasteiger partial charge in [-0.1, -0.05) is 6.92 Å². The van der Waals surface area contributed by atoms with Gasteiger partial charge in [0.05, 0.1) is 30.5 Å². The summed E-state index contributed by atoms with van der Waals surface area (Å²) in [4.78, 5) is 0. The Bertz CT molecular complexity index is 391. The molecule has 130 valence electrons. The van der Waals surface area contributed by atoms with Crippen LogP contribution >= 0.6 is 0 Å². The highest BCUT2D eigenvalue weighted by molar-refractivity contribution is 5.16. The average molecular weight is 318 g/mol. The molecule has 0 saturated heterocycles. The van der Waals surface area contributed by atoms with Crippen LogP contribution in [-0.4, -0.2) is 65.3 Å². The largest absolute Gasteiger partial charge is 0.393 e. The van der Waals surface area contributed by atoms with Crippen LogP contribution in [0.3, 0.4) is 0 Å². The van der Waals surface area contributed by atoms with Crippen LogP contribution in [0.1, 0.15) is 40.5 Å². The lowest BCUT2D eigenvalue weighted by atomic mass is 9.51. The Morgan fingerprint density at radius 1 is 1.23 bits per heavy atom. The molecule has 0 spiro atoms. The number of aliphatic hydroxyl groups is 3. The molecule has 2 bridgehead atoms. The highest BCUT2D eigenvalue weighted by atomic mass is 16.7. The first-order valence-corrected chi connectivity index (χ1v) is 7.87. The molecule has 3 aliphatic carbocycles. The SMILES string of the molecule is COCOC[C@]1(O)[C@@H]2C[C@H](OC(C)(C)C)[C@@](C)(C[C@@H]2O)[C@H]1O. The smallest absolute Gasteiger partial charge is 0.146 e. The van der Waals surface area contributed by atoms with Crippen LogP contribution < -0.4 is 0 Å². The van der Waals surface area contributed by atoms with Gasteiger partial charge in [-0.2, -0.15) is 0 Å². The Morgan fingerprint density at radius 2 is 1.86 bits per heavy atom. The lowest BCUT2D eigenvalue weighted by Gasteiger charge is -2.62. The molecule has 3 fully saturated rings. The molecule has 0 aliphatic heterocycles. The molecule has 3 aliphatic rings. The van der Waals surface area contributed by atoms with E-state index in [0.717, 1.165) is 0 Å². The predicted molar refractivity (Wildman–Crippen MR) is 80.2 cm³/mol. The van der Waals surface area contributed by atoms with Gasteiger partial charge in [0.15, 0.2) is 0 Å². The minimum absolute atomic E-state index is 0.0382. The van der Waals surface area contributed by atoms with Crippen molar-refractivity contribution in [2.24, 2.45) is 11.3 Å². The molecule has 6 atom stereocenters. The van der Waals surface area contributed by atoms with Gasteiger partial charge in [-0.15, -0.1) is 0 Å². The molecule has 0 radical (unpaired) electrons. The number of rotatable bonds is 5. The van der Waals surface area contributed by atoms with E-state index in [9.17, 15) is 15.3 Å². The van der Waals surface area contributed by atoms with Gasteiger partial charge < -0.3 is 29.5 Å². The number of methoxy groups -OCH3 is 1. The summed E-state index contributed by atoms with van der Waals surface area (Å²) in [7, 11) is 1.50. The van der Waals surface area contributed by atoms with E-state index in [1.807, 2.05) is 27.7 Å². The van der Waals surface area contributed by atoms with E-state index >= 15 is 0 Å². The predicted octanol–water partition coefficient (Wildman–Crippen LogP) is 0.673. The summed E-state index contributed by atoms with van der Waals surface area (Å²) >= 11 is 0. The van der Waals surface area contributed by atoms with Crippen LogP contribution in [0, 0.1) is 11.3 Å². The summed E-state index contributed by atoms with van der Waals surface area (Å²) in [6, 6.07) is 0. The van der Waals surface area contributed by atoms with Crippen molar-refractivity contribution in [1.82, 2.24) is 0 Å². The second-order valence-corrected chi connectivity index (χ2v) is 7.99. The van der Waals surface area contributed by atoms with E-state index in [2.05, 4.69) is 0 Å². The van der Waals surface area contributed by atoms with E-state index in [1.54, 1.807) is 0 Å². The third-order valence-electron chi connectivity index (χ3n) is 5.09. The van der Waals surface area contributed by atoms with Crippen LogP contribution in [0.2, 0.25) is 0 Å². The standard InChI is InChI=1S/C16H30O6/c1-14(2,3)22-12-6-10-11(17)7-15(12,4)13(18)16(10,19)8-21-9-20-5/h10-13,17-19H,6-9H2,1-5H3/t10-,11+,12+,13-,15-,16+/m1/s1. The van der Waals surface area contributed by atoms with Gasteiger partial charge in [-0.3, -0.25) is 0 Å². The monoisotopic (exact) mass is 318 g/mol. The molecule has 0 unspecified atom stereocenters. The Labute approximate surface area is 132 Å². The minimum atomic E-state index is -1.48. The molecule has 6 nitrogen and oxygen atoms in total. The second kappa shape index (κ2) is 6.00. The van der Waals surface area contributed by atoms with Crippen molar-refractivity contribution in [2.45, 2.75) is 70.1 Å². The zero-order chi connectivity index (χ0) is 16.8. The van der Waals surface area contributed by atoms with Gasteiger partial charge in [-0.25, -0.2) is 0 Å². The first-order chi connectivity index (χ1) is 10.0. The molecular formula is C16H30O6. The second-order valence-electron chi connectivity index (χ2n) is 7.99. The molecule has 0 aromatic rings. The van der Waals surface area contributed by atoms with Crippen molar-refractivity contribution in [1.29, 1.82) is 0 Å². The third-order valence-corrected chi connectivity index (χ3v) is 5.09. The van der Waals surface area contributed by atoms with Crippen molar-refractivity contribution in [3.63, 3.8) is 0 Å². The van der Waals surface area contributed by atoms with Crippen LogP contribution in [0.5, 0.6) is 0 Å². The van der Waals surface area contributed by atoms with E-state index in [1.165, 1.54) is 7.11 Å². The van der Waals surface area contributed by atoms with Crippen LogP contribution in [0.4, 0.5) is 0 Å². The van der Waals surface area contributed by atoms with Crippen LogP contribution in [0.25, 0.3) is 0 Å². The average Bonchev–Trinajstić information content (AvgIpc) is 2.38. The molecule has 3 rings (SSSR count). The van der Waals surface area contributed by atoms with Gasteiger partial charge in [0.1, 0.15) is 12.4 Å². The number of aliphatic hydroxyl groups excluding tert-OH is 2. The Balaban J connectivity index is 2.23. The zero-order valence-corrected chi connectivity index (χ0v) is 14.2. The summed E-state index contributed by atoms with van der Waals surface area (Å²) in [6.07, 6.45) is -1.00. The lowest BCUT2D eigenvalue weighted by Crippen LogP contribution is -2.73. The maximum atomic E-state index is 11.0. The molecule has 22 heavy (non-hydrogen) atoms. The fourth-order valence-corrected chi connectivity index (χ4v) is 4.06. The van der Waals surface area contributed by atoms with Gasteiger partial charge in [0.25, 0.3) is 0 Å². The first-order valence-electron chi connectivity index (χ1n) is 7.87. The van der Waals surface area contributed by atoms with Gasteiger partial charge >= 0.3 is 0 Å². The Hall–Kier alpha value is -0.240. The highest BCUT2D eigenvalue weighted by Crippen LogP contribution is 2.56. The molecule has 6 heteroatoms. The van der Waals surface area contributed by atoms with Crippen molar-refractivity contribution in [3.8, 4) is 0 Å². The van der Waals surface area contributed by atoms with Crippen molar-refractivity contribution in [2.75, 3.05) is 20.5 Å². The maximum Gasteiger partial charge on any atom is 0.146 e. The van der Waals surface area contributed by atoms with Crippen molar-refractivity contribution < 1.29 is 29.5 Å². The summed E-state index contributed by atoms with van der Waals surface area (Å²) in [5, 5.41) is 32.1. The molecule has 0 aromatic carbocycles. The van der Waals surface area contributed by atoms with Gasteiger partial charge in [0, 0.05) is 18.4 Å². The van der Waals surface area contributed by atoms with E-state index < -0.39 is 29.1 Å². The van der Waals surface area contributed by atoms with Crippen molar-refractivity contribution >= 4 is 0 Å². The van der Waals surface area contributed by atoms with E-state index in [4.69, 9.17) is 14.2 Å². The molecule has 0 aromatic heterocycles. The Morgan fingerprint density at radius 3 is 2.41 bits per heavy atom. The quantitative estimate of drug-likeness (QED) is 0.510. The van der Waals surface area contributed by atoms with Crippen LogP contribution in [-0.2, 0) is 14.2 Å². The normalized spacial score (nSPS) is 45.3.